The van der Waals surface area contributed by atoms with E-state index in [2.05, 4.69) is 13.8 Å². The number of hydrogen-bond donors (Lipinski definition) is 0. The molecule has 0 rings (SSSR count). The first-order valence-corrected chi connectivity index (χ1v) is 6.16. The number of carbonyl (C=O) groups excluding carboxylic acids is 1. The van der Waals surface area contributed by atoms with Gasteiger partial charge in [-0.2, -0.15) is 0 Å². The van der Waals surface area contributed by atoms with Crippen LogP contribution < -0.4 is 0 Å². The first-order chi connectivity index (χ1) is 6.66. The van der Waals surface area contributed by atoms with Crippen LogP contribution in [0.2, 0.25) is 0 Å². The Morgan fingerprint density at radius 3 is 2.29 bits per heavy atom. The summed E-state index contributed by atoms with van der Waals surface area (Å²) in [5.74, 6) is 1.15. The molecule has 0 N–H and O–H groups in total. The van der Waals surface area contributed by atoms with Crippen molar-refractivity contribution >= 4 is 5.78 Å². The molecule has 0 aliphatic heterocycles. The number of carbonyl (C=O) groups is 1. The van der Waals surface area contributed by atoms with Crippen LogP contribution in [0.5, 0.6) is 0 Å². The minimum absolute atomic E-state index is 0.336. The van der Waals surface area contributed by atoms with Gasteiger partial charge in [0.2, 0.25) is 0 Å². The van der Waals surface area contributed by atoms with E-state index in [4.69, 9.17) is 0 Å². The lowest BCUT2D eigenvalue weighted by Gasteiger charge is -2.09. The topological polar surface area (TPSA) is 17.1 Å². The van der Waals surface area contributed by atoms with E-state index in [1.54, 1.807) is 6.92 Å². The van der Waals surface area contributed by atoms with Crippen LogP contribution in [0.3, 0.4) is 0 Å². The lowest BCUT2D eigenvalue weighted by atomic mass is 9.96. The van der Waals surface area contributed by atoms with Crippen LogP contribution in [0.15, 0.2) is 0 Å². The zero-order chi connectivity index (χ0) is 10.8. The van der Waals surface area contributed by atoms with Crippen LogP contribution in [-0.4, -0.2) is 5.78 Å². The van der Waals surface area contributed by atoms with Crippen molar-refractivity contribution in [2.45, 2.75) is 72.1 Å². The highest BCUT2D eigenvalue weighted by Crippen LogP contribution is 2.16. The van der Waals surface area contributed by atoms with Crippen molar-refractivity contribution in [1.82, 2.24) is 0 Å². The molecule has 0 spiro atoms. The third-order valence-corrected chi connectivity index (χ3v) is 2.78. The lowest BCUT2D eigenvalue weighted by molar-refractivity contribution is -0.117. The molecular weight excluding hydrogens is 172 g/mol. The fourth-order valence-corrected chi connectivity index (χ4v) is 1.76. The van der Waals surface area contributed by atoms with Gasteiger partial charge in [0.15, 0.2) is 0 Å². The van der Waals surface area contributed by atoms with Gasteiger partial charge in [-0.05, 0) is 19.3 Å². The number of ketones is 1. The summed E-state index contributed by atoms with van der Waals surface area (Å²) in [5.41, 5.74) is 0. The van der Waals surface area contributed by atoms with Crippen LogP contribution in [0.4, 0.5) is 0 Å². The van der Waals surface area contributed by atoms with Gasteiger partial charge >= 0.3 is 0 Å². The second kappa shape index (κ2) is 9.23. The second-order valence-electron chi connectivity index (χ2n) is 4.55. The van der Waals surface area contributed by atoms with Gasteiger partial charge in [-0.3, -0.25) is 0 Å². The summed E-state index contributed by atoms with van der Waals surface area (Å²) >= 11 is 0. The summed E-state index contributed by atoms with van der Waals surface area (Å²) in [6.45, 7) is 6.24. The second-order valence-corrected chi connectivity index (χ2v) is 4.55. The van der Waals surface area contributed by atoms with Crippen molar-refractivity contribution in [2.75, 3.05) is 0 Å². The fourth-order valence-electron chi connectivity index (χ4n) is 1.76. The molecule has 0 saturated heterocycles. The van der Waals surface area contributed by atoms with Gasteiger partial charge < -0.3 is 4.79 Å². The predicted molar refractivity (Wildman–Crippen MR) is 62.5 cm³/mol. The van der Waals surface area contributed by atoms with Crippen molar-refractivity contribution in [3.63, 3.8) is 0 Å². The van der Waals surface area contributed by atoms with Gasteiger partial charge in [0.05, 0.1) is 0 Å². The van der Waals surface area contributed by atoms with E-state index in [0.717, 1.165) is 18.8 Å². The summed E-state index contributed by atoms with van der Waals surface area (Å²) in [6.07, 6.45) is 9.88. The standard InChI is InChI=1S/C13H26O/c1-4-5-6-7-9-12(2)10-8-11-13(3)14/h12H,4-11H2,1-3H3. The molecule has 0 fully saturated rings. The number of hydrogen-bond acceptors (Lipinski definition) is 1. The van der Waals surface area contributed by atoms with Gasteiger partial charge in [-0.15, -0.1) is 0 Å². The predicted octanol–water partition coefficient (Wildman–Crippen LogP) is 4.35. The van der Waals surface area contributed by atoms with Crippen LogP contribution in [0, 0.1) is 5.92 Å². The minimum Gasteiger partial charge on any atom is -0.300 e. The SMILES string of the molecule is CCCCCCC(C)CCCC(C)=O. The highest BCUT2D eigenvalue weighted by molar-refractivity contribution is 5.75. The van der Waals surface area contributed by atoms with E-state index in [9.17, 15) is 4.79 Å². The maximum absolute atomic E-state index is 10.7. The highest BCUT2D eigenvalue weighted by Gasteiger charge is 2.02. The van der Waals surface area contributed by atoms with Crippen molar-refractivity contribution in [1.29, 1.82) is 0 Å². The van der Waals surface area contributed by atoms with Crippen molar-refractivity contribution in [2.24, 2.45) is 5.92 Å². The molecule has 1 unspecified atom stereocenters. The zero-order valence-electron chi connectivity index (χ0n) is 10.1. The van der Waals surface area contributed by atoms with Crippen LogP contribution in [-0.2, 0) is 4.79 Å². The zero-order valence-corrected chi connectivity index (χ0v) is 10.1. The number of unbranched alkanes of at least 4 members (excludes halogenated alkanes) is 3. The van der Waals surface area contributed by atoms with E-state index in [-0.39, 0.29) is 0 Å². The van der Waals surface area contributed by atoms with Crippen molar-refractivity contribution < 1.29 is 4.79 Å². The maximum Gasteiger partial charge on any atom is 0.129 e. The Balaban J connectivity index is 3.19. The van der Waals surface area contributed by atoms with Gasteiger partial charge in [-0.25, -0.2) is 0 Å². The van der Waals surface area contributed by atoms with Gasteiger partial charge in [0, 0.05) is 6.42 Å². The summed E-state index contributed by atoms with van der Waals surface area (Å²) in [6, 6.07) is 0. The highest BCUT2D eigenvalue weighted by atomic mass is 16.1. The molecule has 1 nitrogen and oxygen atoms in total. The molecule has 0 radical (unpaired) electrons. The van der Waals surface area contributed by atoms with Gasteiger partial charge in [0.25, 0.3) is 0 Å². The third-order valence-electron chi connectivity index (χ3n) is 2.78. The molecule has 0 aromatic rings. The molecule has 1 atom stereocenters. The minimum atomic E-state index is 0.336. The maximum atomic E-state index is 10.7. The monoisotopic (exact) mass is 198 g/mol. The molecule has 0 aliphatic carbocycles. The summed E-state index contributed by atoms with van der Waals surface area (Å²) in [5, 5.41) is 0. The lowest BCUT2D eigenvalue weighted by Crippen LogP contribution is -1.97. The fraction of sp³-hybridized carbons (Fsp3) is 0.923. The third kappa shape index (κ3) is 9.76. The Labute approximate surface area is 89.3 Å². The van der Waals surface area contributed by atoms with E-state index in [1.165, 1.54) is 38.5 Å². The van der Waals surface area contributed by atoms with E-state index >= 15 is 0 Å². The molecule has 0 heterocycles. The molecule has 0 aromatic carbocycles. The van der Waals surface area contributed by atoms with Crippen LogP contribution >= 0.6 is 0 Å². The first-order valence-electron chi connectivity index (χ1n) is 6.16. The molecular formula is C13H26O. The largest absolute Gasteiger partial charge is 0.300 e. The van der Waals surface area contributed by atoms with E-state index < -0.39 is 0 Å². The number of Topliss-reactive ketones (excluding diaryl/α,β-unsaturated/α-hetero) is 1. The molecule has 84 valence electrons. The van der Waals surface area contributed by atoms with E-state index in [0.29, 0.717) is 5.78 Å². The molecule has 0 amide bonds. The quantitative estimate of drug-likeness (QED) is 0.503. The molecule has 0 aromatic heterocycles. The average molecular weight is 198 g/mol. The molecule has 1 heteroatoms. The van der Waals surface area contributed by atoms with Crippen LogP contribution in [0.1, 0.15) is 72.1 Å². The Bertz CT molecular complexity index is 140. The molecule has 14 heavy (non-hydrogen) atoms. The van der Waals surface area contributed by atoms with Crippen molar-refractivity contribution in [3.8, 4) is 0 Å². The molecule has 0 aliphatic rings. The van der Waals surface area contributed by atoms with Crippen LogP contribution in [0.25, 0.3) is 0 Å². The van der Waals surface area contributed by atoms with E-state index in [1.807, 2.05) is 0 Å². The van der Waals surface area contributed by atoms with Gasteiger partial charge in [-0.1, -0.05) is 52.4 Å². The summed E-state index contributed by atoms with van der Waals surface area (Å²) in [7, 11) is 0. The molecule has 0 saturated carbocycles. The Kier molecular flexibility index (Phi) is 9.02. The number of rotatable bonds is 9. The average Bonchev–Trinajstić information content (AvgIpc) is 2.12. The Morgan fingerprint density at radius 2 is 1.71 bits per heavy atom. The smallest absolute Gasteiger partial charge is 0.129 e. The first kappa shape index (κ1) is 13.7. The summed E-state index contributed by atoms with van der Waals surface area (Å²) < 4.78 is 0. The molecule has 0 bridgehead atoms. The van der Waals surface area contributed by atoms with Gasteiger partial charge in [0.1, 0.15) is 5.78 Å². The summed E-state index contributed by atoms with van der Waals surface area (Å²) in [4.78, 5) is 10.7. The Morgan fingerprint density at radius 1 is 1.07 bits per heavy atom. The Hall–Kier alpha value is -0.330. The van der Waals surface area contributed by atoms with Crippen molar-refractivity contribution in [3.05, 3.63) is 0 Å². The normalized spacial score (nSPS) is 12.8.